The van der Waals surface area contributed by atoms with Gasteiger partial charge in [0.1, 0.15) is 5.69 Å². The monoisotopic (exact) mass is 278 g/mol. The van der Waals surface area contributed by atoms with E-state index < -0.39 is 0 Å². The van der Waals surface area contributed by atoms with Crippen LogP contribution in [0.4, 0.5) is 0 Å². The van der Waals surface area contributed by atoms with Crippen LogP contribution in [0, 0.1) is 0 Å². The summed E-state index contributed by atoms with van der Waals surface area (Å²) >= 11 is 0. The van der Waals surface area contributed by atoms with Gasteiger partial charge in [0.15, 0.2) is 0 Å². The van der Waals surface area contributed by atoms with Gasteiger partial charge in [-0.15, -0.1) is 0 Å². The molecule has 1 unspecified atom stereocenters. The molecule has 5 heteroatoms. The molecule has 20 heavy (non-hydrogen) atoms. The number of aromatic nitrogens is 2. The number of rotatable bonds is 5. The Bertz CT molecular complexity index is 453. The standard InChI is InChI=1S/C15H26N4O/c1-4-12-10-14(19(5-2)17-12)15(20)18-9-7-6-8-13(18)11-16-3/h10,13,16H,4-9,11H2,1-3H3. The third-order valence-electron chi connectivity index (χ3n) is 4.04. The van der Waals surface area contributed by atoms with E-state index in [1.165, 1.54) is 6.42 Å². The molecule has 0 radical (unpaired) electrons. The molecule has 5 nitrogen and oxygen atoms in total. The number of aryl methyl sites for hydroxylation is 2. The van der Waals surface area contributed by atoms with Crippen LogP contribution in [0.3, 0.4) is 0 Å². The zero-order valence-electron chi connectivity index (χ0n) is 12.9. The summed E-state index contributed by atoms with van der Waals surface area (Å²) in [5, 5.41) is 7.69. The Morgan fingerprint density at radius 2 is 2.25 bits per heavy atom. The van der Waals surface area contributed by atoms with Crippen molar-refractivity contribution in [3.05, 3.63) is 17.5 Å². The number of hydrogen-bond donors (Lipinski definition) is 1. The minimum atomic E-state index is 0.138. The van der Waals surface area contributed by atoms with Gasteiger partial charge in [0, 0.05) is 25.7 Å². The van der Waals surface area contributed by atoms with Crippen molar-refractivity contribution in [3.8, 4) is 0 Å². The highest BCUT2D eigenvalue weighted by Gasteiger charge is 2.29. The lowest BCUT2D eigenvalue weighted by molar-refractivity contribution is 0.0602. The minimum absolute atomic E-state index is 0.138. The number of piperidine rings is 1. The second-order valence-electron chi connectivity index (χ2n) is 5.40. The average molecular weight is 278 g/mol. The molecular formula is C15H26N4O. The Morgan fingerprint density at radius 3 is 2.90 bits per heavy atom. The molecule has 0 bridgehead atoms. The van der Waals surface area contributed by atoms with Crippen molar-refractivity contribution in [1.82, 2.24) is 20.0 Å². The smallest absolute Gasteiger partial charge is 0.272 e. The van der Waals surface area contributed by atoms with E-state index >= 15 is 0 Å². The van der Waals surface area contributed by atoms with E-state index in [4.69, 9.17) is 0 Å². The van der Waals surface area contributed by atoms with Gasteiger partial charge < -0.3 is 10.2 Å². The minimum Gasteiger partial charge on any atom is -0.333 e. The Morgan fingerprint density at radius 1 is 1.45 bits per heavy atom. The molecule has 1 amide bonds. The van der Waals surface area contributed by atoms with Crippen LogP contribution in [-0.4, -0.2) is 46.8 Å². The molecule has 112 valence electrons. The Balaban J connectivity index is 2.22. The van der Waals surface area contributed by atoms with Crippen LogP contribution in [0.2, 0.25) is 0 Å². The van der Waals surface area contributed by atoms with Gasteiger partial charge >= 0.3 is 0 Å². The van der Waals surface area contributed by atoms with Gasteiger partial charge in [-0.1, -0.05) is 6.92 Å². The number of nitrogens with zero attached hydrogens (tertiary/aromatic N) is 3. The summed E-state index contributed by atoms with van der Waals surface area (Å²) in [6.07, 6.45) is 4.27. The highest BCUT2D eigenvalue weighted by atomic mass is 16.2. The molecule has 1 fully saturated rings. The molecule has 1 aliphatic rings. The predicted molar refractivity (Wildman–Crippen MR) is 79.9 cm³/mol. The third kappa shape index (κ3) is 3.03. The van der Waals surface area contributed by atoms with E-state index in [2.05, 4.69) is 17.3 Å². The fraction of sp³-hybridized carbons (Fsp3) is 0.733. The van der Waals surface area contributed by atoms with Crippen molar-refractivity contribution in [2.24, 2.45) is 0 Å². The van der Waals surface area contributed by atoms with E-state index in [0.717, 1.165) is 50.3 Å². The maximum absolute atomic E-state index is 12.8. The number of carbonyl (C=O) groups is 1. The lowest BCUT2D eigenvalue weighted by Gasteiger charge is -2.35. The quantitative estimate of drug-likeness (QED) is 0.891. The number of amides is 1. The summed E-state index contributed by atoms with van der Waals surface area (Å²) in [5.41, 5.74) is 1.74. The maximum Gasteiger partial charge on any atom is 0.272 e. The summed E-state index contributed by atoms with van der Waals surface area (Å²) < 4.78 is 1.84. The highest BCUT2D eigenvalue weighted by molar-refractivity contribution is 5.93. The number of hydrogen-bond acceptors (Lipinski definition) is 3. The van der Waals surface area contributed by atoms with Crippen LogP contribution in [-0.2, 0) is 13.0 Å². The second-order valence-corrected chi connectivity index (χ2v) is 5.40. The van der Waals surface area contributed by atoms with Gasteiger partial charge in [0.2, 0.25) is 0 Å². The summed E-state index contributed by atoms with van der Waals surface area (Å²) in [7, 11) is 1.95. The Hall–Kier alpha value is -1.36. The molecule has 2 heterocycles. The van der Waals surface area contributed by atoms with Gasteiger partial charge in [0.05, 0.1) is 5.69 Å². The molecule has 1 aromatic heterocycles. The van der Waals surface area contributed by atoms with Gasteiger partial charge in [-0.2, -0.15) is 5.10 Å². The van der Waals surface area contributed by atoms with Crippen molar-refractivity contribution in [2.45, 2.75) is 52.1 Å². The van der Waals surface area contributed by atoms with E-state index in [1.54, 1.807) is 0 Å². The molecule has 0 aliphatic carbocycles. The van der Waals surface area contributed by atoms with Gasteiger partial charge in [-0.25, -0.2) is 0 Å². The molecule has 1 saturated heterocycles. The van der Waals surface area contributed by atoms with E-state index in [1.807, 2.05) is 29.6 Å². The van der Waals surface area contributed by atoms with Gasteiger partial charge in [-0.3, -0.25) is 9.48 Å². The van der Waals surface area contributed by atoms with Gasteiger partial charge in [-0.05, 0) is 45.7 Å². The lowest BCUT2D eigenvalue weighted by Crippen LogP contribution is -2.48. The lowest BCUT2D eigenvalue weighted by atomic mass is 10.0. The second kappa shape index (κ2) is 6.88. The Kier molecular flexibility index (Phi) is 5.17. The number of likely N-dealkylation sites (tertiary alicyclic amines) is 1. The molecule has 0 saturated carbocycles. The molecular weight excluding hydrogens is 252 g/mol. The van der Waals surface area contributed by atoms with Crippen LogP contribution in [0.25, 0.3) is 0 Å². The first-order chi connectivity index (χ1) is 9.71. The van der Waals surface area contributed by atoms with E-state index in [0.29, 0.717) is 6.04 Å². The molecule has 1 aliphatic heterocycles. The van der Waals surface area contributed by atoms with Crippen LogP contribution < -0.4 is 5.32 Å². The highest BCUT2D eigenvalue weighted by Crippen LogP contribution is 2.20. The van der Waals surface area contributed by atoms with Crippen molar-refractivity contribution >= 4 is 5.91 Å². The normalized spacial score (nSPS) is 19.4. The predicted octanol–water partition coefficient (Wildman–Crippen LogP) is 1.68. The zero-order valence-corrected chi connectivity index (χ0v) is 12.9. The Labute approximate surface area is 121 Å². The number of nitrogens with one attached hydrogen (secondary N) is 1. The summed E-state index contributed by atoms with van der Waals surface area (Å²) in [5.74, 6) is 0.138. The van der Waals surface area contributed by atoms with Crippen LogP contribution in [0.5, 0.6) is 0 Å². The van der Waals surface area contributed by atoms with Crippen molar-refractivity contribution in [2.75, 3.05) is 20.1 Å². The first-order valence-corrected chi connectivity index (χ1v) is 7.73. The van der Waals surface area contributed by atoms with Crippen molar-refractivity contribution in [3.63, 3.8) is 0 Å². The molecule has 0 aromatic carbocycles. The van der Waals surface area contributed by atoms with E-state index in [9.17, 15) is 4.79 Å². The summed E-state index contributed by atoms with van der Waals surface area (Å²) in [4.78, 5) is 14.9. The first-order valence-electron chi connectivity index (χ1n) is 7.73. The molecule has 1 N–H and O–H groups in total. The third-order valence-corrected chi connectivity index (χ3v) is 4.04. The molecule has 0 spiro atoms. The van der Waals surface area contributed by atoms with Gasteiger partial charge in [0.25, 0.3) is 5.91 Å². The topological polar surface area (TPSA) is 50.2 Å². The number of likely N-dealkylation sites (N-methyl/N-ethyl adjacent to an activating group) is 1. The van der Waals surface area contributed by atoms with E-state index in [-0.39, 0.29) is 5.91 Å². The van der Waals surface area contributed by atoms with Crippen molar-refractivity contribution < 1.29 is 4.79 Å². The average Bonchev–Trinajstić information content (AvgIpc) is 2.91. The van der Waals surface area contributed by atoms with Crippen LogP contribution >= 0.6 is 0 Å². The number of carbonyl (C=O) groups excluding carboxylic acids is 1. The molecule has 1 atom stereocenters. The van der Waals surface area contributed by atoms with Crippen LogP contribution in [0.15, 0.2) is 6.07 Å². The van der Waals surface area contributed by atoms with Crippen molar-refractivity contribution in [1.29, 1.82) is 0 Å². The fourth-order valence-corrected chi connectivity index (χ4v) is 2.92. The first kappa shape index (κ1) is 15.0. The zero-order chi connectivity index (χ0) is 14.5. The molecule has 2 rings (SSSR count). The fourth-order valence-electron chi connectivity index (χ4n) is 2.92. The maximum atomic E-state index is 12.8. The SMILES string of the molecule is CCc1cc(C(=O)N2CCCCC2CNC)n(CC)n1. The molecule has 1 aromatic rings. The van der Waals surface area contributed by atoms with Crippen LogP contribution in [0.1, 0.15) is 49.3 Å². The largest absolute Gasteiger partial charge is 0.333 e. The summed E-state index contributed by atoms with van der Waals surface area (Å²) in [6, 6.07) is 2.27. The summed E-state index contributed by atoms with van der Waals surface area (Å²) in [6.45, 7) is 6.57.